The molecule has 21 heavy (non-hydrogen) atoms. The quantitative estimate of drug-likeness (QED) is 0.726. The van der Waals surface area contributed by atoms with Gasteiger partial charge in [-0.2, -0.15) is 0 Å². The molecule has 4 rings (SSSR count). The van der Waals surface area contributed by atoms with E-state index in [9.17, 15) is 0 Å². The molecular formula is C18H19N3. The van der Waals surface area contributed by atoms with E-state index in [4.69, 9.17) is 0 Å². The molecule has 0 amide bonds. The molecule has 2 heterocycles. The number of fused-ring (bicyclic) bond motifs is 1. The van der Waals surface area contributed by atoms with Gasteiger partial charge in [-0.25, -0.2) is 0 Å². The zero-order chi connectivity index (χ0) is 14.4. The fraction of sp³-hybridized carbons (Fsp3) is 0.333. The Morgan fingerprint density at radius 2 is 1.76 bits per heavy atom. The smallest absolute Gasteiger partial charge is 0.164 e. The van der Waals surface area contributed by atoms with Crippen LogP contribution in [0.25, 0.3) is 5.65 Å². The van der Waals surface area contributed by atoms with Gasteiger partial charge in [-0.1, -0.05) is 50.2 Å². The second-order valence-corrected chi connectivity index (χ2v) is 6.28. The third kappa shape index (κ3) is 1.80. The topological polar surface area (TPSA) is 30.2 Å². The average molecular weight is 277 g/mol. The van der Waals surface area contributed by atoms with Crippen LogP contribution in [0.15, 0.2) is 48.7 Å². The van der Waals surface area contributed by atoms with Crippen molar-refractivity contribution in [1.29, 1.82) is 0 Å². The van der Waals surface area contributed by atoms with Crippen LogP contribution in [-0.2, 0) is 5.41 Å². The fourth-order valence-electron chi connectivity index (χ4n) is 3.24. The number of hydrogen-bond acceptors (Lipinski definition) is 2. The van der Waals surface area contributed by atoms with Crippen LogP contribution in [0.1, 0.15) is 49.6 Å². The third-order valence-corrected chi connectivity index (χ3v) is 4.59. The van der Waals surface area contributed by atoms with Crippen molar-refractivity contribution in [3.63, 3.8) is 0 Å². The first-order valence-electron chi connectivity index (χ1n) is 7.62. The van der Waals surface area contributed by atoms with Crippen molar-refractivity contribution in [2.75, 3.05) is 0 Å². The zero-order valence-corrected chi connectivity index (χ0v) is 12.5. The van der Waals surface area contributed by atoms with E-state index in [0.29, 0.717) is 5.92 Å². The Hall–Kier alpha value is -2.16. The van der Waals surface area contributed by atoms with Gasteiger partial charge in [-0.3, -0.25) is 4.40 Å². The summed E-state index contributed by atoms with van der Waals surface area (Å²) in [7, 11) is 0. The van der Waals surface area contributed by atoms with Crippen molar-refractivity contribution in [2.24, 2.45) is 0 Å². The molecule has 106 valence electrons. The Labute approximate surface area is 124 Å². The summed E-state index contributed by atoms with van der Waals surface area (Å²) in [5.74, 6) is 1.55. The van der Waals surface area contributed by atoms with E-state index >= 15 is 0 Å². The molecule has 0 N–H and O–H groups in total. The molecule has 1 fully saturated rings. The normalized spacial score (nSPS) is 16.5. The predicted octanol–water partition coefficient (Wildman–Crippen LogP) is 3.93. The van der Waals surface area contributed by atoms with Gasteiger partial charge in [0.1, 0.15) is 5.82 Å². The number of benzene rings is 1. The molecule has 1 aliphatic rings. The van der Waals surface area contributed by atoms with Crippen LogP contribution < -0.4 is 0 Å². The molecule has 3 nitrogen and oxygen atoms in total. The second-order valence-electron chi connectivity index (χ2n) is 6.28. The largest absolute Gasteiger partial charge is 0.285 e. The summed E-state index contributed by atoms with van der Waals surface area (Å²) in [6, 6.07) is 15.0. The molecule has 1 aromatic carbocycles. The molecule has 3 aromatic rings. The lowest BCUT2D eigenvalue weighted by molar-refractivity contribution is 0.739. The van der Waals surface area contributed by atoms with Crippen LogP contribution >= 0.6 is 0 Å². The first kappa shape index (κ1) is 12.6. The van der Waals surface area contributed by atoms with Gasteiger partial charge in [-0.05, 0) is 36.0 Å². The SMILES string of the molecule is CC(C)c1cccn2c(C3(c4ccccc4)CC3)nnc12. The highest BCUT2D eigenvalue weighted by molar-refractivity contribution is 5.52. The summed E-state index contributed by atoms with van der Waals surface area (Å²) in [6.45, 7) is 4.40. The van der Waals surface area contributed by atoms with Crippen LogP contribution in [0.2, 0.25) is 0 Å². The lowest BCUT2D eigenvalue weighted by Crippen LogP contribution is -2.13. The number of hydrogen-bond donors (Lipinski definition) is 0. The van der Waals surface area contributed by atoms with Gasteiger partial charge in [0.15, 0.2) is 5.65 Å². The number of rotatable bonds is 3. The van der Waals surface area contributed by atoms with Crippen molar-refractivity contribution >= 4 is 5.65 Å². The number of pyridine rings is 1. The van der Waals surface area contributed by atoms with Crippen molar-refractivity contribution in [2.45, 2.75) is 38.0 Å². The van der Waals surface area contributed by atoms with Gasteiger partial charge in [0, 0.05) is 6.20 Å². The monoisotopic (exact) mass is 277 g/mol. The second kappa shape index (κ2) is 4.42. The molecule has 1 saturated carbocycles. The summed E-state index contributed by atoms with van der Waals surface area (Å²) in [4.78, 5) is 0. The molecule has 0 spiro atoms. The van der Waals surface area contributed by atoms with E-state index in [-0.39, 0.29) is 5.41 Å². The van der Waals surface area contributed by atoms with Crippen LogP contribution in [0.5, 0.6) is 0 Å². The molecule has 0 aliphatic heterocycles. The van der Waals surface area contributed by atoms with E-state index in [1.165, 1.54) is 11.1 Å². The van der Waals surface area contributed by atoms with Gasteiger partial charge in [-0.15, -0.1) is 10.2 Å². The highest BCUT2D eigenvalue weighted by atomic mass is 15.3. The highest BCUT2D eigenvalue weighted by Crippen LogP contribution is 2.52. The van der Waals surface area contributed by atoms with E-state index in [1.54, 1.807) is 0 Å². The lowest BCUT2D eigenvalue weighted by atomic mass is 9.95. The molecule has 3 heteroatoms. The van der Waals surface area contributed by atoms with Crippen molar-refractivity contribution in [1.82, 2.24) is 14.6 Å². The fourth-order valence-corrected chi connectivity index (χ4v) is 3.24. The molecule has 0 radical (unpaired) electrons. The third-order valence-electron chi connectivity index (χ3n) is 4.59. The van der Waals surface area contributed by atoms with E-state index in [2.05, 4.69) is 77.1 Å². The average Bonchev–Trinajstić information content (AvgIpc) is 3.20. The van der Waals surface area contributed by atoms with Crippen LogP contribution in [-0.4, -0.2) is 14.6 Å². The zero-order valence-electron chi connectivity index (χ0n) is 12.5. The maximum Gasteiger partial charge on any atom is 0.164 e. The summed E-state index contributed by atoms with van der Waals surface area (Å²) in [6.07, 6.45) is 4.41. The Bertz CT molecular complexity index is 783. The predicted molar refractivity (Wildman–Crippen MR) is 83.5 cm³/mol. The summed E-state index contributed by atoms with van der Waals surface area (Å²) >= 11 is 0. The summed E-state index contributed by atoms with van der Waals surface area (Å²) in [5.41, 5.74) is 3.69. The van der Waals surface area contributed by atoms with Crippen molar-refractivity contribution in [3.8, 4) is 0 Å². The van der Waals surface area contributed by atoms with Gasteiger partial charge in [0.2, 0.25) is 0 Å². The Balaban J connectivity index is 1.91. The highest BCUT2D eigenvalue weighted by Gasteiger charge is 2.49. The molecule has 0 unspecified atom stereocenters. The van der Waals surface area contributed by atoms with E-state index in [1.807, 2.05) is 0 Å². The Morgan fingerprint density at radius 3 is 2.43 bits per heavy atom. The van der Waals surface area contributed by atoms with Gasteiger partial charge in [0.25, 0.3) is 0 Å². The van der Waals surface area contributed by atoms with Gasteiger partial charge in [0.05, 0.1) is 5.41 Å². The number of aromatic nitrogens is 3. The first-order chi connectivity index (χ1) is 10.2. The van der Waals surface area contributed by atoms with Crippen LogP contribution in [0.3, 0.4) is 0 Å². The Morgan fingerprint density at radius 1 is 1.00 bits per heavy atom. The van der Waals surface area contributed by atoms with E-state index in [0.717, 1.165) is 24.3 Å². The Kier molecular flexibility index (Phi) is 2.64. The molecule has 1 aliphatic carbocycles. The van der Waals surface area contributed by atoms with Gasteiger partial charge >= 0.3 is 0 Å². The minimum atomic E-state index is 0.0658. The molecule has 0 atom stereocenters. The van der Waals surface area contributed by atoms with Crippen LogP contribution in [0.4, 0.5) is 0 Å². The lowest BCUT2D eigenvalue weighted by Gasteiger charge is -2.14. The first-order valence-corrected chi connectivity index (χ1v) is 7.62. The minimum absolute atomic E-state index is 0.0658. The molecule has 0 saturated heterocycles. The van der Waals surface area contributed by atoms with Crippen LogP contribution in [0, 0.1) is 0 Å². The molecule has 0 bridgehead atoms. The molecule has 2 aromatic heterocycles. The van der Waals surface area contributed by atoms with E-state index < -0.39 is 0 Å². The summed E-state index contributed by atoms with van der Waals surface area (Å²) in [5, 5.41) is 9.05. The van der Waals surface area contributed by atoms with Crippen molar-refractivity contribution < 1.29 is 0 Å². The maximum atomic E-state index is 4.56. The maximum absolute atomic E-state index is 4.56. The minimum Gasteiger partial charge on any atom is -0.285 e. The molecular weight excluding hydrogens is 258 g/mol. The standard InChI is InChI=1S/C18H19N3/c1-13(2)15-9-6-12-21-16(15)19-20-17(21)18(10-11-18)14-7-4-3-5-8-14/h3-9,12-13H,10-11H2,1-2H3. The van der Waals surface area contributed by atoms with Gasteiger partial charge < -0.3 is 0 Å². The summed E-state index contributed by atoms with van der Waals surface area (Å²) < 4.78 is 2.19. The number of nitrogens with zero attached hydrogens (tertiary/aromatic N) is 3. The van der Waals surface area contributed by atoms with Crippen molar-refractivity contribution in [3.05, 3.63) is 65.6 Å².